The lowest BCUT2D eigenvalue weighted by molar-refractivity contribution is -0.142. The Bertz CT molecular complexity index is 424. The molecule has 0 saturated carbocycles. The molecule has 0 aliphatic carbocycles. The zero-order chi connectivity index (χ0) is 13.0. The van der Waals surface area contributed by atoms with Crippen molar-refractivity contribution in [1.29, 1.82) is 0 Å². The maximum absolute atomic E-state index is 13.5. The number of carbonyl (C=O) groups excluding carboxylic acids is 1. The molecule has 0 radical (unpaired) electrons. The molecule has 0 aliphatic rings. The smallest absolute Gasteiger partial charge is 0.310 e. The summed E-state index contributed by atoms with van der Waals surface area (Å²) in [5.74, 6) is -1.72. The van der Waals surface area contributed by atoms with Crippen molar-refractivity contribution in [2.45, 2.75) is 19.8 Å². The summed E-state index contributed by atoms with van der Waals surface area (Å²) in [6.07, 6.45) is -2.48. The molecule has 4 nitrogen and oxygen atoms in total. The first-order valence-electron chi connectivity index (χ1n) is 4.83. The van der Waals surface area contributed by atoms with Crippen molar-refractivity contribution >= 4 is 11.7 Å². The fourth-order valence-electron chi connectivity index (χ4n) is 1.22. The van der Waals surface area contributed by atoms with E-state index in [1.165, 1.54) is 0 Å². The number of hydrogen-bond acceptors (Lipinski definition) is 4. The van der Waals surface area contributed by atoms with E-state index in [1.54, 1.807) is 6.92 Å². The lowest BCUT2D eigenvalue weighted by Gasteiger charge is -2.08. The van der Waals surface area contributed by atoms with Gasteiger partial charge in [-0.25, -0.2) is 13.2 Å². The van der Waals surface area contributed by atoms with Gasteiger partial charge in [-0.3, -0.25) is 9.78 Å². The van der Waals surface area contributed by atoms with Crippen LogP contribution in [0.3, 0.4) is 0 Å². The van der Waals surface area contributed by atoms with E-state index in [4.69, 9.17) is 5.73 Å². The number of pyridine rings is 1. The predicted octanol–water partition coefficient (Wildman–Crippen LogP) is 1.85. The Labute approximate surface area is 95.6 Å². The second-order valence-corrected chi connectivity index (χ2v) is 3.18. The molecule has 1 aromatic rings. The normalized spacial score (nSPS) is 10.6. The van der Waals surface area contributed by atoms with Crippen LogP contribution in [0.1, 0.15) is 24.6 Å². The molecule has 0 atom stereocenters. The molecule has 0 aromatic carbocycles. The van der Waals surface area contributed by atoms with Crippen molar-refractivity contribution < 1.29 is 22.7 Å². The number of carbonyl (C=O) groups is 1. The molecule has 1 rings (SSSR count). The maximum atomic E-state index is 13.5. The summed E-state index contributed by atoms with van der Waals surface area (Å²) in [5.41, 5.74) is 3.44. The highest BCUT2D eigenvalue weighted by Gasteiger charge is 2.20. The summed E-state index contributed by atoms with van der Waals surface area (Å²) in [4.78, 5) is 14.4. The largest absolute Gasteiger partial charge is 0.466 e. The van der Waals surface area contributed by atoms with Crippen LogP contribution < -0.4 is 5.73 Å². The van der Waals surface area contributed by atoms with Crippen molar-refractivity contribution in [2.24, 2.45) is 0 Å². The van der Waals surface area contributed by atoms with E-state index in [0.717, 1.165) is 6.20 Å². The predicted molar refractivity (Wildman–Crippen MR) is 53.9 cm³/mol. The fourth-order valence-corrected chi connectivity index (χ4v) is 1.22. The number of nitrogens with zero attached hydrogens (tertiary/aromatic N) is 1. The maximum Gasteiger partial charge on any atom is 0.310 e. The number of aromatic nitrogens is 1. The molecule has 0 saturated heterocycles. The van der Waals surface area contributed by atoms with Gasteiger partial charge in [-0.15, -0.1) is 0 Å². The van der Waals surface area contributed by atoms with E-state index >= 15 is 0 Å². The summed E-state index contributed by atoms with van der Waals surface area (Å²) in [5, 5.41) is 0. The molecule has 0 unspecified atom stereocenters. The number of hydrogen-bond donors (Lipinski definition) is 1. The van der Waals surface area contributed by atoms with Gasteiger partial charge in [0, 0.05) is 11.8 Å². The molecular formula is C10H11F3N2O2. The fraction of sp³-hybridized carbons (Fsp3) is 0.400. The molecule has 0 aliphatic heterocycles. The number of halogens is 3. The minimum atomic E-state index is -2.96. The molecule has 0 spiro atoms. The van der Waals surface area contributed by atoms with Crippen LogP contribution in [0.25, 0.3) is 0 Å². The first-order chi connectivity index (χ1) is 7.97. The van der Waals surface area contributed by atoms with Crippen molar-refractivity contribution in [3.63, 3.8) is 0 Å². The molecule has 1 heterocycles. The highest BCUT2D eigenvalue weighted by molar-refractivity contribution is 5.73. The van der Waals surface area contributed by atoms with E-state index in [9.17, 15) is 18.0 Å². The van der Waals surface area contributed by atoms with E-state index in [1.807, 2.05) is 0 Å². The van der Waals surface area contributed by atoms with Crippen molar-refractivity contribution in [3.05, 3.63) is 23.3 Å². The van der Waals surface area contributed by atoms with E-state index in [-0.39, 0.29) is 18.6 Å². The molecule has 94 valence electrons. The van der Waals surface area contributed by atoms with Gasteiger partial charge in [0.05, 0.1) is 18.7 Å². The average molecular weight is 248 g/mol. The van der Waals surface area contributed by atoms with Crippen LogP contribution in [0.5, 0.6) is 0 Å². The average Bonchev–Trinajstić information content (AvgIpc) is 2.25. The van der Waals surface area contributed by atoms with Crippen LogP contribution in [0.4, 0.5) is 18.9 Å². The van der Waals surface area contributed by atoms with Crippen LogP contribution in [-0.4, -0.2) is 17.6 Å². The second-order valence-electron chi connectivity index (χ2n) is 3.18. The van der Waals surface area contributed by atoms with Gasteiger partial charge < -0.3 is 10.5 Å². The van der Waals surface area contributed by atoms with Crippen LogP contribution in [0, 0.1) is 5.82 Å². The SMILES string of the molecule is CCOC(=O)Cc1cnc(C(F)F)c(N)c1F. The second kappa shape index (κ2) is 5.51. The number of nitrogen functional groups attached to an aromatic ring is 1. The lowest BCUT2D eigenvalue weighted by atomic mass is 10.1. The van der Waals surface area contributed by atoms with Gasteiger partial charge in [-0.05, 0) is 6.92 Å². The highest BCUT2D eigenvalue weighted by atomic mass is 19.3. The number of rotatable bonds is 4. The Kier molecular flexibility index (Phi) is 4.30. The Balaban J connectivity index is 2.96. The number of ether oxygens (including phenoxy) is 1. The third kappa shape index (κ3) is 3.08. The van der Waals surface area contributed by atoms with E-state index in [0.29, 0.717) is 0 Å². The number of anilines is 1. The van der Waals surface area contributed by atoms with Gasteiger partial charge >= 0.3 is 5.97 Å². The van der Waals surface area contributed by atoms with Gasteiger partial charge in [0.15, 0.2) is 5.82 Å². The Morgan fingerprint density at radius 3 is 2.76 bits per heavy atom. The molecule has 0 amide bonds. The van der Waals surface area contributed by atoms with Crippen LogP contribution >= 0.6 is 0 Å². The summed E-state index contributed by atoms with van der Waals surface area (Å²) < 4.78 is 42.8. The topological polar surface area (TPSA) is 65.2 Å². The Morgan fingerprint density at radius 1 is 1.59 bits per heavy atom. The van der Waals surface area contributed by atoms with Crippen molar-refractivity contribution in [3.8, 4) is 0 Å². The lowest BCUT2D eigenvalue weighted by Crippen LogP contribution is -2.12. The molecule has 2 N–H and O–H groups in total. The van der Waals surface area contributed by atoms with E-state index < -0.39 is 29.6 Å². The summed E-state index contributed by atoms with van der Waals surface area (Å²) in [6.45, 7) is 1.75. The molecular weight excluding hydrogens is 237 g/mol. The number of alkyl halides is 2. The molecule has 0 bridgehead atoms. The van der Waals surface area contributed by atoms with Gasteiger partial charge in [0.25, 0.3) is 6.43 Å². The summed E-state index contributed by atoms with van der Waals surface area (Å²) >= 11 is 0. The monoisotopic (exact) mass is 248 g/mol. The van der Waals surface area contributed by atoms with Crippen molar-refractivity contribution in [2.75, 3.05) is 12.3 Å². The Hall–Kier alpha value is -1.79. The van der Waals surface area contributed by atoms with Gasteiger partial charge in [0.2, 0.25) is 0 Å². The minimum absolute atomic E-state index is 0.151. The third-order valence-electron chi connectivity index (χ3n) is 2.00. The van der Waals surface area contributed by atoms with Crippen LogP contribution in [-0.2, 0) is 16.0 Å². The van der Waals surface area contributed by atoms with Gasteiger partial charge in [-0.1, -0.05) is 0 Å². The highest BCUT2D eigenvalue weighted by Crippen LogP contribution is 2.26. The van der Waals surface area contributed by atoms with Crippen LogP contribution in [0.2, 0.25) is 0 Å². The number of esters is 1. The zero-order valence-electron chi connectivity index (χ0n) is 9.04. The first kappa shape index (κ1) is 13.3. The zero-order valence-corrected chi connectivity index (χ0v) is 9.04. The third-order valence-corrected chi connectivity index (χ3v) is 2.00. The standard InChI is InChI=1S/C10H11F3N2O2/c1-2-17-6(16)3-5-4-15-9(10(12)13)8(14)7(5)11/h4,10H,2-3,14H2,1H3. The van der Waals surface area contributed by atoms with Crippen LogP contribution in [0.15, 0.2) is 6.20 Å². The quantitative estimate of drug-likeness (QED) is 0.826. The molecule has 0 fully saturated rings. The van der Waals surface area contributed by atoms with Gasteiger partial charge in [0.1, 0.15) is 5.69 Å². The molecule has 17 heavy (non-hydrogen) atoms. The molecule has 1 aromatic heterocycles. The van der Waals surface area contributed by atoms with Crippen molar-refractivity contribution in [1.82, 2.24) is 4.98 Å². The summed E-state index contributed by atoms with van der Waals surface area (Å²) in [6, 6.07) is 0. The van der Waals surface area contributed by atoms with Gasteiger partial charge in [-0.2, -0.15) is 0 Å². The first-order valence-corrected chi connectivity index (χ1v) is 4.83. The molecule has 7 heteroatoms. The minimum Gasteiger partial charge on any atom is -0.466 e. The van der Waals surface area contributed by atoms with E-state index in [2.05, 4.69) is 9.72 Å². The summed E-state index contributed by atoms with van der Waals surface area (Å²) in [7, 11) is 0. The number of nitrogens with two attached hydrogens (primary N) is 1. The Morgan fingerprint density at radius 2 is 2.24 bits per heavy atom.